The summed E-state index contributed by atoms with van der Waals surface area (Å²) in [5.41, 5.74) is 3.75. The van der Waals surface area contributed by atoms with Gasteiger partial charge < -0.3 is 14.4 Å². The first-order valence-electron chi connectivity index (χ1n) is 10.3. The van der Waals surface area contributed by atoms with Gasteiger partial charge in [0.1, 0.15) is 0 Å². The number of hydrogen-bond acceptors (Lipinski definition) is 6. The molecular formula is C23H26N2O5S2. The Balaban J connectivity index is 1.66. The summed E-state index contributed by atoms with van der Waals surface area (Å²) in [4.78, 5) is 19.3. The molecule has 170 valence electrons. The van der Waals surface area contributed by atoms with Gasteiger partial charge in [0, 0.05) is 10.9 Å². The number of aliphatic imine (C=N–C) groups is 1. The third-order valence-corrected chi connectivity index (χ3v) is 8.98. The Morgan fingerprint density at radius 3 is 2.44 bits per heavy atom. The van der Waals surface area contributed by atoms with Crippen LogP contribution >= 0.6 is 11.8 Å². The highest BCUT2D eigenvalue weighted by atomic mass is 32.2. The van der Waals surface area contributed by atoms with Crippen molar-refractivity contribution in [2.45, 2.75) is 31.6 Å². The molecule has 0 saturated carbocycles. The molecule has 2 atom stereocenters. The molecule has 2 aliphatic heterocycles. The number of nitrogens with zero attached hydrogens (tertiary/aromatic N) is 2. The molecule has 4 rings (SSSR count). The fourth-order valence-electron chi connectivity index (χ4n) is 4.32. The predicted octanol–water partition coefficient (Wildman–Crippen LogP) is 3.16. The largest absolute Gasteiger partial charge is 0.493 e. The molecule has 1 amide bonds. The SMILES string of the molecule is COc1ccc(CC(=O)N=C2S[C@@H]3CS(=O)(=O)C[C@H]3N2c2c(C)cccc2C)cc1OC. The number of hydrogen-bond donors (Lipinski definition) is 0. The van der Waals surface area contributed by atoms with Gasteiger partial charge in [-0.2, -0.15) is 4.99 Å². The molecule has 32 heavy (non-hydrogen) atoms. The zero-order chi connectivity index (χ0) is 23.0. The van der Waals surface area contributed by atoms with E-state index in [-0.39, 0.29) is 35.1 Å². The van der Waals surface area contributed by atoms with Crippen molar-refractivity contribution in [2.24, 2.45) is 4.99 Å². The quantitative estimate of drug-likeness (QED) is 0.658. The number of methoxy groups -OCH3 is 2. The zero-order valence-corrected chi connectivity index (χ0v) is 20.1. The van der Waals surface area contributed by atoms with Gasteiger partial charge in [0.25, 0.3) is 5.91 Å². The number of amidine groups is 1. The lowest BCUT2D eigenvalue weighted by molar-refractivity contribution is -0.117. The molecule has 0 aromatic heterocycles. The van der Waals surface area contributed by atoms with Gasteiger partial charge in [0.05, 0.1) is 38.2 Å². The Morgan fingerprint density at radius 1 is 1.09 bits per heavy atom. The minimum Gasteiger partial charge on any atom is -0.493 e. The van der Waals surface area contributed by atoms with Gasteiger partial charge in [-0.1, -0.05) is 36.0 Å². The topological polar surface area (TPSA) is 85.3 Å². The first-order chi connectivity index (χ1) is 15.2. The second-order valence-electron chi connectivity index (χ2n) is 8.07. The number of thioether (sulfide) groups is 1. The summed E-state index contributed by atoms with van der Waals surface area (Å²) in [5, 5.41) is 0.435. The minimum atomic E-state index is -3.12. The zero-order valence-electron chi connectivity index (χ0n) is 18.5. The van der Waals surface area contributed by atoms with Gasteiger partial charge in [-0.3, -0.25) is 4.79 Å². The van der Waals surface area contributed by atoms with E-state index in [1.54, 1.807) is 26.4 Å². The summed E-state index contributed by atoms with van der Waals surface area (Å²) in [7, 11) is -0.00472. The number of aryl methyl sites for hydroxylation is 2. The molecule has 0 bridgehead atoms. The van der Waals surface area contributed by atoms with E-state index in [9.17, 15) is 13.2 Å². The second-order valence-corrected chi connectivity index (χ2v) is 11.4. The number of carbonyl (C=O) groups is 1. The molecule has 0 spiro atoms. The summed E-state index contributed by atoms with van der Waals surface area (Å²) < 4.78 is 35.2. The maximum absolute atomic E-state index is 12.9. The highest BCUT2D eigenvalue weighted by Crippen LogP contribution is 2.43. The number of para-hydroxylation sites is 1. The first-order valence-corrected chi connectivity index (χ1v) is 13.0. The molecule has 0 radical (unpaired) electrons. The van der Waals surface area contributed by atoms with Crippen LogP contribution in [0.4, 0.5) is 5.69 Å². The number of anilines is 1. The third-order valence-electron chi connectivity index (χ3n) is 5.77. The molecule has 2 fully saturated rings. The summed E-state index contributed by atoms with van der Waals surface area (Å²) in [6.45, 7) is 3.99. The maximum atomic E-state index is 12.9. The van der Waals surface area contributed by atoms with Gasteiger partial charge in [0.2, 0.25) is 0 Å². The Bertz CT molecular complexity index is 1170. The van der Waals surface area contributed by atoms with Crippen molar-refractivity contribution >= 4 is 38.4 Å². The Hall–Kier alpha value is -2.52. The lowest BCUT2D eigenvalue weighted by Crippen LogP contribution is -2.38. The van der Waals surface area contributed by atoms with Crippen LogP contribution in [0.1, 0.15) is 16.7 Å². The van der Waals surface area contributed by atoms with Crippen LogP contribution in [0.3, 0.4) is 0 Å². The third kappa shape index (κ3) is 4.36. The van der Waals surface area contributed by atoms with E-state index in [0.717, 1.165) is 22.4 Å². The summed E-state index contributed by atoms with van der Waals surface area (Å²) >= 11 is 1.39. The van der Waals surface area contributed by atoms with Crippen LogP contribution in [-0.2, 0) is 21.1 Å². The van der Waals surface area contributed by atoms with Crippen molar-refractivity contribution < 1.29 is 22.7 Å². The van der Waals surface area contributed by atoms with Crippen LogP contribution in [-0.4, -0.2) is 56.5 Å². The first kappa shape index (κ1) is 22.7. The molecule has 0 unspecified atom stereocenters. The van der Waals surface area contributed by atoms with Gasteiger partial charge in [-0.15, -0.1) is 0 Å². The normalized spacial score (nSPS) is 22.8. The van der Waals surface area contributed by atoms with Crippen molar-refractivity contribution in [2.75, 3.05) is 30.6 Å². The standard InChI is InChI=1S/C23H26N2O5S2/c1-14-6-5-7-15(2)22(14)25-17-12-32(27,28)13-20(17)31-23(25)24-21(26)11-16-8-9-18(29-3)19(10-16)30-4/h5-10,17,20H,11-13H2,1-4H3/t17-,20-/m1/s1. The van der Waals surface area contributed by atoms with Crippen LogP contribution in [0.25, 0.3) is 0 Å². The summed E-state index contributed by atoms with van der Waals surface area (Å²) in [6, 6.07) is 11.1. The van der Waals surface area contributed by atoms with Crippen molar-refractivity contribution in [1.29, 1.82) is 0 Å². The number of rotatable bonds is 5. The van der Waals surface area contributed by atoms with E-state index >= 15 is 0 Å². The lowest BCUT2D eigenvalue weighted by atomic mass is 10.1. The highest BCUT2D eigenvalue weighted by Gasteiger charge is 2.49. The van der Waals surface area contributed by atoms with Crippen LogP contribution in [0, 0.1) is 13.8 Å². The molecule has 2 saturated heterocycles. The monoisotopic (exact) mass is 474 g/mol. The number of fused-ring (bicyclic) bond motifs is 1. The molecule has 9 heteroatoms. The summed E-state index contributed by atoms with van der Waals surface area (Å²) in [5.74, 6) is 1.03. The van der Waals surface area contributed by atoms with Crippen molar-refractivity contribution in [3.63, 3.8) is 0 Å². The van der Waals surface area contributed by atoms with E-state index in [1.165, 1.54) is 11.8 Å². The highest BCUT2D eigenvalue weighted by molar-refractivity contribution is 8.16. The Labute approximate surface area is 192 Å². The minimum absolute atomic E-state index is 0.0708. The molecule has 2 heterocycles. The van der Waals surface area contributed by atoms with E-state index in [1.807, 2.05) is 43.0 Å². The molecule has 2 aromatic carbocycles. The Morgan fingerprint density at radius 2 is 1.78 bits per heavy atom. The lowest BCUT2D eigenvalue weighted by Gasteiger charge is -2.28. The van der Waals surface area contributed by atoms with E-state index in [4.69, 9.17) is 9.47 Å². The van der Waals surface area contributed by atoms with Crippen LogP contribution in [0.15, 0.2) is 41.4 Å². The van der Waals surface area contributed by atoms with Gasteiger partial charge in [-0.05, 0) is 42.7 Å². The fraction of sp³-hybridized carbons (Fsp3) is 0.391. The second kappa shape index (κ2) is 8.78. The molecular weight excluding hydrogens is 448 g/mol. The molecule has 7 nitrogen and oxygen atoms in total. The fourth-order valence-corrected chi connectivity index (χ4v) is 8.24. The van der Waals surface area contributed by atoms with Gasteiger partial charge >= 0.3 is 0 Å². The van der Waals surface area contributed by atoms with Crippen molar-refractivity contribution in [3.8, 4) is 11.5 Å². The molecule has 0 N–H and O–H groups in total. The van der Waals surface area contributed by atoms with Crippen LogP contribution < -0.4 is 14.4 Å². The number of benzene rings is 2. The van der Waals surface area contributed by atoms with E-state index in [0.29, 0.717) is 16.7 Å². The molecule has 2 aliphatic rings. The van der Waals surface area contributed by atoms with Crippen molar-refractivity contribution in [3.05, 3.63) is 53.1 Å². The van der Waals surface area contributed by atoms with Gasteiger partial charge in [-0.25, -0.2) is 8.42 Å². The van der Waals surface area contributed by atoms with E-state index < -0.39 is 9.84 Å². The number of ether oxygens (including phenoxy) is 2. The Kier molecular flexibility index (Phi) is 6.22. The number of amides is 1. The maximum Gasteiger partial charge on any atom is 0.252 e. The van der Waals surface area contributed by atoms with Crippen LogP contribution in [0.2, 0.25) is 0 Å². The van der Waals surface area contributed by atoms with Crippen LogP contribution in [0.5, 0.6) is 11.5 Å². The molecule has 2 aromatic rings. The summed E-state index contributed by atoms with van der Waals surface area (Å²) in [6.07, 6.45) is 0.110. The average Bonchev–Trinajstić information content (AvgIpc) is 3.19. The van der Waals surface area contributed by atoms with E-state index in [2.05, 4.69) is 4.99 Å². The predicted molar refractivity (Wildman–Crippen MR) is 128 cm³/mol. The van der Waals surface area contributed by atoms with Gasteiger partial charge in [0.15, 0.2) is 26.5 Å². The molecule has 0 aliphatic carbocycles. The number of carbonyl (C=O) groups excluding carboxylic acids is 1. The average molecular weight is 475 g/mol. The number of sulfone groups is 1. The smallest absolute Gasteiger partial charge is 0.252 e. The van der Waals surface area contributed by atoms with Crippen molar-refractivity contribution in [1.82, 2.24) is 0 Å².